The van der Waals surface area contributed by atoms with Crippen LogP contribution in [0.4, 0.5) is 5.69 Å². The Kier molecular flexibility index (Phi) is 4.11. The van der Waals surface area contributed by atoms with E-state index in [-0.39, 0.29) is 17.6 Å². The molecule has 1 aromatic heterocycles. The molecule has 7 nitrogen and oxygen atoms in total. The van der Waals surface area contributed by atoms with Crippen LogP contribution >= 0.6 is 0 Å². The number of nitrogens with zero attached hydrogens (tertiary/aromatic N) is 3. The van der Waals surface area contributed by atoms with E-state index in [2.05, 4.69) is 15.2 Å². The second-order valence-electron chi connectivity index (χ2n) is 5.11. The number of nitro benzene ring substituents is 1. The maximum atomic E-state index is 11.1. The van der Waals surface area contributed by atoms with Gasteiger partial charge in [-0.05, 0) is 18.1 Å². The van der Waals surface area contributed by atoms with Gasteiger partial charge < -0.3 is 5.73 Å². The third-order valence-electron chi connectivity index (χ3n) is 3.49. The molecule has 0 amide bonds. The lowest BCUT2D eigenvalue weighted by Crippen LogP contribution is -2.15. The number of aromatic amines is 1. The molecule has 1 atom stereocenters. The lowest BCUT2D eigenvalue weighted by atomic mass is 10.1. The highest BCUT2D eigenvalue weighted by molar-refractivity contribution is 5.67. The molecule has 0 saturated carbocycles. The van der Waals surface area contributed by atoms with Crippen molar-refractivity contribution in [1.29, 1.82) is 0 Å². The van der Waals surface area contributed by atoms with E-state index in [1.54, 1.807) is 18.2 Å². The first kappa shape index (κ1) is 14.9. The molecular weight excluding hydrogens is 294 g/mol. The van der Waals surface area contributed by atoms with E-state index in [9.17, 15) is 10.1 Å². The van der Waals surface area contributed by atoms with Gasteiger partial charge in [-0.2, -0.15) is 5.10 Å². The summed E-state index contributed by atoms with van der Waals surface area (Å²) < 4.78 is 0. The SMILES string of the molecule is NC(Cc1ccccc1)c1nc(-c2ccccc2[N+](=O)[O-])n[nH]1. The van der Waals surface area contributed by atoms with Gasteiger partial charge in [-0.1, -0.05) is 42.5 Å². The van der Waals surface area contributed by atoms with Crippen LogP contribution in [-0.2, 0) is 6.42 Å². The topological polar surface area (TPSA) is 111 Å². The molecule has 0 spiro atoms. The average molecular weight is 309 g/mol. The van der Waals surface area contributed by atoms with Crippen LogP contribution in [0.2, 0.25) is 0 Å². The van der Waals surface area contributed by atoms with Crippen LogP contribution in [0.3, 0.4) is 0 Å². The number of hydrogen-bond donors (Lipinski definition) is 2. The zero-order valence-corrected chi connectivity index (χ0v) is 12.2. The third kappa shape index (κ3) is 3.24. The maximum absolute atomic E-state index is 11.1. The summed E-state index contributed by atoms with van der Waals surface area (Å²) in [4.78, 5) is 15.0. The minimum atomic E-state index is -0.449. The predicted molar refractivity (Wildman–Crippen MR) is 85.5 cm³/mol. The summed E-state index contributed by atoms with van der Waals surface area (Å²) in [6.07, 6.45) is 0.604. The van der Waals surface area contributed by atoms with Gasteiger partial charge in [0.25, 0.3) is 5.69 Å². The summed E-state index contributed by atoms with van der Waals surface area (Å²) in [5.74, 6) is 0.776. The van der Waals surface area contributed by atoms with E-state index < -0.39 is 4.92 Å². The Labute approximate surface area is 132 Å². The number of benzene rings is 2. The highest BCUT2D eigenvalue weighted by Crippen LogP contribution is 2.27. The van der Waals surface area contributed by atoms with E-state index >= 15 is 0 Å². The summed E-state index contributed by atoms with van der Waals surface area (Å²) in [6.45, 7) is 0. The number of aromatic nitrogens is 3. The van der Waals surface area contributed by atoms with Gasteiger partial charge in [0.1, 0.15) is 5.82 Å². The minimum Gasteiger partial charge on any atom is -0.321 e. The van der Waals surface area contributed by atoms with Crippen LogP contribution in [0.5, 0.6) is 0 Å². The fourth-order valence-corrected chi connectivity index (χ4v) is 2.35. The first-order valence-electron chi connectivity index (χ1n) is 7.11. The summed E-state index contributed by atoms with van der Waals surface area (Å²) in [5, 5.41) is 17.9. The molecule has 2 aromatic carbocycles. The van der Waals surface area contributed by atoms with Crippen molar-refractivity contribution in [3.05, 3.63) is 76.1 Å². The minimum absolute atomic E-state index is 0.0327. The molecule has 1 unspecified atom stereocenters. The maximum Gasteiger partial charge on any atom is 0.280 e. The predicted octanol–water partition coefficient (Wildman–Crippen LogP) is 2.62. The molecule has 3 rings (SSSR count). The fourth-order valence-electron chi connectivity index (χ4n) is 2.35. The van der Waals surface area contributed by atoms with E-state index in [0.29, 0.717) is 17.8 Å². The molecular formula is C16H15N5O2. The Morgan fingerprint density at radius 2 is 1.83 bits per heavy atom. The Morgan fingerprint density at radius 3 is 2.57 bits per heavy atom. The molecule has 0 saturated heterocycles. The first-order valence-corrected chi connectivity index (χ1v) is 7.11. The number of nitrogens with one attached hydrogen (secondary N) is 1. The molecule has 1 heterocycles. The lowest BCUT2D eigenvalue weighted by Gasteiger charge is -2.07. The van der Waals surface area contributed by atoms with Crippen LogP contribution in [0.15, 0.2) is 54.6 Å². The lowest BCUT2D eigenvalue weighted by molar-refractivity contribution is -0.384. The molecule has 3 aromatic rings. The largest absolute Gasteiger partial charge is 0.321 e. The second kappa shape index (κ2) is 6.37. The molecule has 7 heteroatoms. The van der Waals surface area contributed by atoms with E-state index in [0.717, 1.165) is 5.56 Å². The number of nitro groups is 1. The summed E-state index contributed by atoms with van der Waals surface area (Å²) in [6, 6.07) is 15.8. The number of nitrogens with two attached hydrogens (primary N) is 1. The first-order chi connectivity index (χ1) is 11.1. The Bertz CT molecular complexity index is 816. The van der Waals surface area contributed by atoms with Gasteiger partial charge >= 0.3 is 0 Å². The Morgan fingerprint density at radius 1 is 1.13 bits per heavy atom. The van der Waals surface area contributed by atoms with Crippen LogP contribution in [0, 0.1) is 10.1 Å². The smallest absolute Gasteiger partial charge is 0.280 e. The molecule has 3 N–H and O–H groups in total. The van der Waals surface area contributed by atoms with Crippen molar-refractivity contribution < 1.29 is 4.92 Å². The molecule has 23 heavy (non-hydrogen) atoms. The van der Waals surface area contributed by atoms with Gasteiger partial charge in [-0.15, -0.1) is 0 Å². The van der Waals surface area contributed by atoms with Gasteiger partial charge in [0.2, 0.25) is 0 Å². The van der Waals surface area contributed by atoms with Gasteiger partial charge in [0, 0.05) is 6.07 Å². The Balaban J connectivity index is 1.85. The molecule has 0 aliphatic heterocycles. The summed E-state index contributed by atoms with van der Waals surface area (Å²) in [7, 11) is 0. The number of hydrogen-bond acceptors (Lipinski definition) is 5. The molecule has 0 radical (unpaired) electrons. The average Bonchev–Trinajstić information content (AvgIpc) is 3.06. The molecule has 116 valence electrons. The van der Waals surface area contributed by atoms with E-state index in [4.69, 9.17) is 5.73 Å². The summed E-state index contributed by atoms with van der Waals surface area (Å²) in [5.41, 5.74) is 7.57. The fraction of sp³-hybridized carbons (Fsp3) is 0.125. The standard InChI is InChI=1S/C16H15N5O2/c17-13(10-11-6-2-1-3-7-11)16-18-15(19-20-16)12-8-4-5-9-14(12)21(22)23/h1-9,13H,10,17H2,(H,18,19,20). The Hall–Kier alpha value is -3.06. The van der Waals surface area contributed by atoms with Crippen LogP contribution in [-0.4, -0.2) is 20.1 Å². The quantitative estimate of drug-likeness (QED) is 0.556. The van der Waals surface area contributed by atoms with E-state index in [1.165, 1.54) is 6.07 Å². The van der Waals surface area contributed by atoms with Crippen molar-refractivity contribution in [1.82, 2.24) is 15.2 Å². The number of H-pyrrole nitrogens is 1. The van der Waals surface area contributed by atoms with E-state index in [1.807, 2.05) is 30.3 Å². The van der Waals surface area contributed by atoms with Crippen LogP contribution in [0.25, 0.3) is 11.4 Å². The molecule has 0 bridgehead atoms. The normalized spacial score (nSPS) is 12.0. The highest BCUT2D eigenvalue weighted by atomic mass is 16.6. The van der Waals surface area contributed by atoms with Crippen molar-refractivity contribution in [2.75, 3.05) is 0 Å². The van der Waals surface area contributed by atoms with Crippen LogP contribution in [0.1, 0.15) is 17.4 Å². The monoisotopic (exact) mass is 309 g/mol. The zero-order valence-electron chi connectivity index (χ0n) is 12.2. The van der Waals surface area contributed by atoms with Gasteiger partial charge in [0.15, 0.2) is 5.82 Å². The highest BCUT2D eigenvalue weighted by Gasteiger charge is 2.19. The second-order valence-corrected chi connectivity index (χ2v) is 5.11. The van der Waals surface area contributed by atoms with Crippen molar-refractivity contribution in [3.8, 4) is 11.4 Å². The summed E-state index contributed by atoms with van der Waals surface area (Å²) >= 11 is 0. The van der Waals surface area contributed by atoms with Crippen molar-refractivity contribution >= 4 is 5.69 Å². The van der Waals surface area contributed by atoms with Gasteiger partial charge in [0.05, 0.1) is 16.5 Å². The van der Waals surface area contributed by atoms with Crippen molar-refractivity contribution in [3.63, 3.8) is 0 Å². The van der Waals surface area contributed by atoms with Crippen LogP contribution < -0.4 is 5.73 Å². The van der Waals surface area contributed by atoms with Crippen molar-refractivity contribution in [2.45, 2.75) is 12.5 Å². The van der Waals surface area contributed by atoms with Gasteiger partial charge in [-0.3, -0.25) is 15.2 Å². The van der Waals surface area contributed by atoms with Crippen molar-refractivity contribution in [2.24, 2.45) is 5.73 Å². The van der Waals surface area contributed by atoms with Gasteiger partial charge in [-0.25, -0.2) is 4.98 Å². The third-order valence-corrected chi connectivity index (χ3v) is 3.49. The zero-order chi connectivity index (χ0) is 16.2. The number of para-hydroxylation sites is 1. The number of rotatable bonds is 5. The molecule has 0 fully saturated rings. The molecule has 0 aliphatic carbocycles. The molecule has 0 aliphatic rings.